The van der Waals surface area contributed by atoms with Crippen molar-refractivity contribution in [2.45, 2.75) is 19.8 Å². The van der Waals surface area contributed by atoms with Crippen LogP contribution in [0.4, 0.5) is 0 Å². The van der Waals surface area contributed by atoms with Crippen molar-refractivity contribution in [2.75, 3.05) is 0 Å². The number of amides is 1. The zero-order valence-corrected chi connectivity index (χ0v) is 7.70. The molecular formula is C8H11N3O3. The van der Waals surface area contributed by atoms with E-state index in [9.17, 15) is 14.7 Å². The standard InChI is InChI=1S/C8H11N3O3/c1-2-4-7(13)10-6(3-5(9)12)11-8(4)14/h2-3H2,1H3,(H2,9,12)(H2,10,11,13,14). The fourth-order valence-electron chi connectivity index (χ4n) is 1.10. The Morgan fingerprint density at radius 3 is 2.71 bits per heavy atom. The average molecular weight is 197 g/mol. The number of hydrogen-bond acceptors (Lipinski definition) is 4. The second-order valence-corrected chi connectivity index (χ2v) is 2.81. The van der Waals surface area contributed by atoms with Gasteiger partial charge in [-0.1, -0.05) is 6.92 Å². The van der Waals surface area contributed by atoms with Gasteiger partial charge in [0.2, 0.25) is 11.8 Å². The second-order valence-electron chi connectivity index (χ2n) is 2.81. The fraction of sp³-hybridized carbons (Fsp3) is 0.375. The van der Waals surface area contributed by atoms with Crippen LogP contribution < -0.4 is 11.3 Å². The van der Waals surface area contributed by atoms with Crippen LogP contribution in [-0.2, 0) is 17.6 Å². The van der Waals surface area contributed by atoms with Gasteiger partial charge in [0.1, 0.15) is 5.82 Å². The molecule has 1 rings (SSSR count). The minimum atomic E-state index is -0.614. The number of nitrogens with zero attached hydrogens (tertiary/aromatic N) is 1. The molecule has 1 aromatic heterocycles. The van der Waals surface area contributed by atoms with Crippen LogP contribution in [0.1, 0.15) is 18.3 Å². The van der Waals surface area contributed by atoms with Crippen LogP contribution in [0.25, 0.3) is 0 Å². The molecule has 76 valence electrons. The molecule has 0 aliphatic carbocycles. The van der Waals surface area contributed by atoms with Crippen molar-refractivity contribution in [3.63, 3.8) is 0 Å². The molecule has 0 fully saturated rings. The van der Waals surface area contributed by atoms with E-state index in [1.807, 2.05) is 0 Å². The van der Waals surface area contributed by atoms with Gasteiger partial charge in [-0.3, -0.25) is 9.59 Å². The predicted molar refractivity (Wildman–Crippen MR) is 48.8 cm³/mol. The molecule has 14 heavy (non-hydrogen) atoms. The molecule has 0 unspecified atom stereocenters. The summed E-state index contributed by atoms with van der Waals surface area (Å²) >= 11 is 0. The van der Waals surface area contributed by atoms with Gasteiger partial charge in [-0.15, -0.1) is 0 Å². The molecule has 6 nitrogen and oxygen atoms in total. The van der Waals surface area contributed by atoms with Gasteiger partial charge < -0.3 is 15.8 Å². The lowest BCUT2D eigenvalue weighted by Gasteiger charge is -2.01. The maximum absolute atomic E-state index is 11.3. The van der Waals surface area contributed by atoms with Crippen LogP contribution in [0, 0.1) is 0 Å². The Labute approximate surface area is 79.8 Å². The van der Waals surface area contributed by atoms with Crippen molar-refractivity contribution in [3.05, 3.63) is 21.7 Å². The van der Waals surface area contributed by atoms with Crippen LogP contribution in [0.2, 0.25) is 0 Å². The third-order valence-corrected chi connectivity index (χ3v) is 1.74. The Kier molecular flexibility index (Phi) is 2.85. The van der Waals surface area contributed by atoms with Gasteiger partial charge in [-0.05, 0) is 6.42 Å². The lowest BCUT2D eigenvalue weighted by atomic mass is 10.2. The van der Waals surface area contributed by atoms with Gasteiger partial charge in [0, 0.05) is 0 Å². The number of carbonyl (C=O) groups excluding carboxylic acids is 1. The summed E-state index contributed by atoms with van der Waals surface area (Å²) in [6.45, 7) is 1.72. The van der Waals surface area contributed by atoms with E-state index in [1.165, 1.54) is 0 Å². The molecule has 1 aromatic rings. The quantitative estimate of drug-likeness (QED) is 0.581. The maximum atomic E-state index is 11.3. The zero-order valence-electron chi connectivity index (χ0n) is 7.70. The first-order valence-corrected chi connectivity index (χ1v) is 4.14. The predicted octanol–water partition coefficient (Wildman–Crippen LogP) is -0.934. The highest BCUT2D eigenvalue weighted by Gasteiger charge is 2.09. The third-order valence-electron chi connectivity index (χ3n) is 1.74. The van der Waals surface area contributed by atoms with E-state index in [4.69, 9.17) is 5.73 Å². The number of nitrogens with one attached hydrogen (secondary N) is 1. The molecule has 0 radical (unpaired) electrons. The summed E-state index contributed by atoms with van der Waals surface area (Å²) in [7, 11) is 0. The zero-order chi connectivity index (χ0) is 10.7. The smallest absolute Gasteiger partial charge is 0.257 e. The van der Waals surface area contributed by atoms with E-state index < -0.39 is 11.5 Å². The SMILES string of the molecule is CCc1c(O)nc(CC(N)=O)[nH]c1=O. The van der Waals surface area contributed by atoms with Crippen molar-refractivity contribution >= 4 is 5.91 Å². The molecule has 0 bridgehead atoms. The molecule has 0 saturated carbocycles. The number of rotatable bonds is 3. The number of aromatic nitrogens is 2. The highest BCUT2D eigenvalue weighted by molar-refractivity contribution is 5.75. The molecule has 6 heteroatoms. The second kappa shape index (κ2) is 3.91. The topological polar surface area (TPSA) is 109 Å². The van der Waals surface area contributed by atoms with Gasteiger partial charge >= 0.3 is 0 Å². The Morgan fingerprint density at radius 2 is 2.29 bits per heavy atom. The largest absolute Gasteiger partial charge is 0.493 e. The Bertz CT molecular complexity index is 411. The van der Waals surface area contributed by atoms with Crippen molar-refractivity contribution < 1.29 is 9.90 Å². The van der Waals surface area contributed by atoms with Crippen molar-refractivity contribution in [2.24, 2.45) is 5.73 Å². The number of hydrogen-bond donors (Lipinski definition) is 3. The molecule has 1 amide bonds. The summed E-state index contributed by atoms with van der Waals surface area (Å²) in [6, 6.07) is 0. The Balaban J connectivity index is 3.14. The molecule has 0 aliphatic heterocycles. The van der Waals surface area contributed by atoms with E-state index in [0.29, 0.717) is 6.42 Å². The third kappa shape index (κ3) is 2.09. The van der Waals surface area contributed by atoms with Gasteiger partial charge in [0.25, 0.3) is 5.56 Å². The summed E-state index contributed by atoms with van der Waals surface area (Å²) in [5.41, 5.74) is 4.69. The lowest BCUT2D eigenvalue weighted by molar-refractivity contribution is -0.117. The van der Waals surface area contributed by atoms with Crippen molar-refractivity contribution in [1.82, 2.24) is 9.97 Å². The molecule has 0 aromatic carbocycles. The number of aromatic amines is 1. The Morgan fingerprint density at radius 1 is 1.64 bits per heavy atom. The van der Waals surface area contributed by atoms with E-state index in [-0.39, 0.29) is 23.7 Å². The van der Waals surface area contributed by atoms with E-state index in [0.717, 1.165) is 0 Å². The van der Waals surface area contributed by atoms with Gasteiger partial charge in [-0.2, -0.15) is 4.98 Å². The van der Waals surface area contributed by atoms with Gasteiger partial charge in [0.05, 0.1) is 12.0 Å². The highest BCUT2D eigenvalue weighted by Crippen LogP contribution is 2.08. The first-order chi connectivity index (χ1) is 6.54. The average Bonchev–Trinajstić information content (AvgIpc) is 2.01. The number of nitrogens with two attached hydrogens (primary N) is 1. The summed E-state index contributed by atoms with van der Waals surface area (Å²) in [5.74, 6) is -0.874. The molecule has 0 saturated heterocycles. The van der Waals surface area contributed by atoms with Crippen LogP contribution in [0.5, 0.6) is 5.88 Å². The molecule has 1 heterocycles. The van der Waals surface area contributed by atoms with Crippen LogP contribution in [0.3, 0.4) is 0 Å². The number of primary amides is 1. The lowest BCUT2D eigenvalue weighted by Crippen LogP contribution is -2.21. The van der Waals surface area contributed by atoms with Crippen LogP contribution in [-0.4, -0.2) is 21.0 Å². The highest BCUT2D eigenvalue weighted by atomic mass is 16.3. The van der Waals surface area contributed by atoms with E-state index in [2.05, 4.69) is 9.97 Å². The van der Waals surface area contributed by atoms with Crippen molar-refractivity contribution in [3.8, 4) is 5.88 Å². The fourth-order valence-corrected chi connectivity index (χ4v) is 1.10. The van der Waals surface area contributed by atoms with Crippen molar-refractivity contribution in [1.29, 1.82) is 0 Å². The number of aromatic hydroxyl groups is 1. The molecule has 4 N–H and O–H groups in total. The monoisotopic (exact) mass is 197 g/mol. The minimum absolute atomic E-state index is 0.0807. The summed E-state index contributed by atoms with van der Waals surface area (Å²) in [5, 5.41) is 9.30. The summed E-state index contributed by atoms with van der Waals surface area (Å²) < 4.78 is 0. The Hall–Kier alpha value is -1.85. The van der Waals surface area contributed by atoms with Gasteiger partial charge in [0.15, 0.2) is 0 Å². The molecule has 0 atom stereocenters. The molecule has 0 spiro atoms. The van der Waals surface area contributed by atoms with Crippen LogP contribution in [0.15, 0.2) is 4.79 Å². The first kappa shape index (κ1) is 10.2. The van der Waals surface area contributed by atoms with Crippen LogP contribution >= 0.6 is 0 Å². The summed E-state index contributed by atoms with van der Waals surface area (Å²) in [6.07, 6.45) is 0.192. The van der Waals surface area contributed by atoms with E-state index in [1.54, 1.807) is 6.92 Å². The van der Waals surface area contributed by atoms with E-state index >= 15 is 0 Å². The number of carbonyl (C=O) groups is 1. The molecule has 0 aliphatic rings. The minimum Gasteiger partial charge on any atom is -0.493 e. The first-order valence-electron chi connectivity index (χ1n) is 4.14. The normalized spacial score (nSPS) is 10.1. The number of H-pyrrole nitrogens is 1. The maximum Gasteiger partial charge on any atom is 0.257 e. The van der Waals surface area contributed by atoms with Gasteiger partial charge in [-0.25, -0.2) is 0 Å². The molecular weight excluding hydrogens is 186 g/mol. The summed E-state index contributed by atoms with van der Waals surface area (Å²) in [4.78, 5) is 27.8.